The average molecular weight is 384 g/mol. The lowest BCUT2D eigenvalue weighted by Crippen LogP contribution is -2.51. The first-order valence-electron chi connectivity index (χ1n) is 9.29. The average Bonchev–Trinajstić information content (AvgIpc) is 3.03. The zero-order chi connectivity index (χ0) is 18.1. The summed E-state index contributed by atoms with van der Waals surface area (Å²) in [5.41, 5.74) is 0. The maximum atomic E-state index is 12.7. The molecule has 1 aliphatic heterocycles. The number of anilines is 1. The molecule has 4 nitrogen and oxygen atoms in total. The van der Waals surface area contributed by atoms with Gasteiger partial charge in [-0.2, -0.15) is 13.2 Å². The van der Waals surface area contributed by atoms with E-state index in [0.29, 0.717) is 15.7 Å². The number of rotatable bonds is 3. The number of aromatic nitrogens is 2. The quantitative estimate of drug-likeness (QED) is 0.792. The van der Waals surface area contributed by atoms with Crippen molar-refractivity contribution >= 4 is 27.4 Å². The summed E-state index contributed by atoms with van der Waals surface area (Å²) >= 11 is 1.12. The molecule has 0 atom stereocenters. The van der Waals surface area contributed by atoms with E-state index in [2.05, 4.69) is 19.8 Å². The molecule has 2 aromatic heterocycles. The van der Waals surface area contributed by atoms with Crippen LogP contribution in [0.1, 0.15) is 37.0 Å². The van der Waals surface area contributed by atoms with Crippen molar-refractivity contribution in [2.24, 2.45) is 0 Å². The van der Waals surface area contributed by atoms with Crippen LogP contribution >= 0.6 is 11.3 Å². The largest absolute Gasteiger partial charge is 0.393 e. The molecule has 26 heavy (non-hydrogen) atoms. The smallest absolute Gasteiger partial charge is 0.353 e. The van der Waals surface area contributed by atoms with Crippen LogP contribution in [0.4, 0.5) is 19.0 Å². The maximum absolute atomic E-state index is 12.7. The summed E-state index contributed by atoms with van der Waals surface area (Å²) < 4.78 is 38.1. The van der Waals surface area contributed by atoms with Crippen molar-refractivity contribution < 1.29 is 13.2 Å². The third-order valence-electron chi connectivity index (χ3n) is 5.44. The lowest BCUT2D eigenvalue weighted by molar-refractivity contribution is -0.126. The van der Waals surface area contributed by atoms with Crippen LogP contribution in [-0.2, 0) is 6.42 Å². The Morgan fingerprint density at radius 3 is 2.46 bits per heavy atom. The molecule has 0 spiro atoms. The molecule has 8 heteroatoms. The van der Waals surface area contributed by atoms with Crippen LogP contribution in [0.25, 0.3) is 10.2 Å². The van der Waals surface area contributed by atoms with Gasteiger partial charge in [0.1, 0.15) is 17.0 Å². The van der Waals surface area contributed by atoms with E-state index in [0.717, 1.165) is 48.7 Å². The van der Waals surface area contributed by atoms with Crippen molar-refractivity contribution in [3.8, 4) is 0 Å². The highest BCUT2D eigenvalue weighted by Crippen LogP contribution is 2.34. The molecule has 0 radical (unpaired) electrons. The highest BCUT2D eigenvalue weighted by atomic mass is 32.1. The SMILES string of the molecule is FC(F)(F)Cc1cc2c(N3CCN(C4CCCCC4)CC3)ncnc2s1. The van der Waals surface area contributed by atoms with Crippen molar-refractivity contribution in [2.45, 2.75) is 50.7 Å². The highest BCUT2D eigenvalue weighted by molar-refractivity contribution is 7.18. The molecule has 1 saturated carbocycles. The van der Waals surface area contributed by atoms with E-state index in [1.54, 1.807) is 6.07 Å². The monoisotopic (exact) mass is 384 g/mol. The van der Waals surface area contributed by atoms with Gasteiger partial charge in [-0.25, -0.2) is 9.97 Å². The molecule has 0 amide bonds. The number of piperazine rings is 1. The number of fused-ring (bicyclic) bond motifs is 1. The Labute approximate surface area is 155 Å². The second-order valence-electron chi connectivity index (χ2n) is 7.24. The molecule has 1 saturated heterocycles. The Morgan fingerprint density at radius 2 is 1.77 bits per heavy atom. The Bertz CT molecular complexity index is 746. The molecule has 0 aromatic carbocycles. The predicted molar refractivity (Wildman–Crippen MR) is 97.8 cm³/mol. The molecular formula is C18H23F3N4S. The maximum Gasteiger partial charge on any atom is 0.393 e. The van der Waals surface area contributed by atoms with Gasteiger partial charge in [0, 0.05) is 37.1 Å². The summed E-state index contributed by atoms with van der Waals surface area (Å²) in [6.45, 7) is 3.73. The van der Waals surface area contributed by atoms with Gasteiger partial charge in [-0.15, -0.1) is 11.3 Å². The zero-order valence-corrected chi connectivity index (χ0v) is 15.5. The Hall–Kier alpha value is -1.41. The predicted octanol–water partition coefficient (Wildman–Crippen LogP) is 4.25. The van der Waals surface area contributed by atoms with Crippen molar-refractivity contribution in [1.82, 2.24) is 14.9 Å². The number of alkyl halides is 3. The number of halogens is 3. The third kappa shape index (κ3) is 3.96. The van der Waals surface area contributed by atoms with Crippen LogP contribution < -0.4 is 4.90 Å². The van der Waals surface area contributed by atoms with E-state index in [4.69, 9.17) is 0 Å². The van der Waals surface area contributed by atoms with Gasteiger partial charge in [-0.05, 0) is 18.9 Å². The fraction of sp³-hybridized carbons (Fsp3) is 0.667. The van der Waals surface area contributed by atoms with Gasteiger partial charge in [0.25, 0.3) is 0 Å². The molecule has 142 valence electrons. The van der Waals surface area contributed by atoms with Gasteiger partial charge in [-0.3, -0.25) is 4.90 Å². The molecule has 1 aliphatic carbocycles. The zero-order valence-electron chi connectivity index (χ0n) is 14.6. The van der Waals surface area contributed by atoms with Crippen molar-refractivity contribution in [2.75, 3.05) is 31.1 Å². The highest BCUT2D eigenvalue weighted by Gasteiger charge is 2.30. The van der Waals surface area contributed by atoms with E-state index < -0.39 is 12.6 Å². The first-order chi connectivity index (χ1) is 12.5. The summed E-state index contributed by atoms with van der Waals surface area (Å²) in [6.07, 6.45) is 2.98. The standard InChI is InChI=1S/C18H23F3N4S/c19-18(20,21)11-14-10-15-16(22-12-23-17(15)26-14)25-8-6-24(7-9-25)13-4-2-1-3-5-13/h10,12-13H,1-9,11H2. The van der Waals surface area contributed by atoms with Crippen molar-refractivity contribution in [1.29, 1.82) is 0 Å². The summed E-state index contributed by atoms with van der Waals surface area (Å²) in [6, 6.07) is 2.33. The third-order valence-corrected chi connectivity index (χ3v) is 6.48. The van der Waals surface area contributed by atoms with Gasteiger partial charge >= 0.3 is 6.18 Å². The normalized spacial score (nSPS) is 20.8. The first-order valence-corrected chi connectivity index (χ1v) is 10.1. The number of thiophene rings is 1. The summed E-state index contributed by atoms with van der Waals surface area (Å²) in [5, 5.41) is 0.753. The minimum Gasteiger partial charge on any atom is -0.353 e. The van der Waals surface area contributed by atoms with Crippen LogP contribution in [0.5, 0.6) is 0 Å². The van der Waals surface area contributed by atoms with Crippen molar-refractivity contribution in [3.05, 3.63) is 17.3 Å². The van der Waals surface area contributed by atoms with Crippen LogP contribution in [0.3, 0.4) is 0 Å². The van der Waals surface area contributed by atoms with Gasteiger partial charge in [-0.1, -0.05) is 19.3 Å². The molecule has 0 unspecified atom stereocenters. The van der Waals surface area contributed by atoms with Crippen molar-refractivity contribution in [3.63, 3.8) is 0 Å². The minimum atomic E-state index is -4.19. The van der Waals surface area contributed by atoms with Crippen LogP contribution in [0.2, 0.25) is 0 Å². The van der Waals surface area contributed by atoms with Gasteiger partial charge in [0.2, 0.25) is 0 Å². The van der Waals surface area contributed by atoms with Crippen LogP contribution in [0.15, 0.2) is 12.4 Å². The molecule has 0 N–H and O–H groups in total. The number of nitrogens with zero attached hydrogens (tertiary/aromatic N) is 4. The van der Waals surface area contributed by atoms with E-state index in [1.807, 2.05) is 0 Å². The summed E-state index contributed by atoms with van der Waals surface area (Å²) in [4.78, 5) is 14.3. The van der Waals surface area contributed by atoms with Gasteiger partial charge in [0.15, 0.2) is 0 Å². The van der Waals surface area contributed by atoms with Gasteiger partial charge in [0.05, 0.1) is 11.8 Å². The molecule has 4 rings (SSSR count). The second kappa shape index (κ2) is 7.31. The van der Waals surface area contributed by atoms with E-state index in [-0.39, 0.29) is 0 Å². The molecule has 3 heterocycles. The van der Waals surface area contributed by atoms with E-state index >= 15 is 0 Å². The Kier molecular flexibility index (Phi) is 5.05. The first kappa shape index (κ1) is 18.0. The van der Waals surface area contributed by atoms with Crippen LogP contribution in [0, 0.1) is 0 Å². The number of hydrogen-bond acceptors (Lipinski definition) is 5. The lowest BCUT2D eigenvalue weighted by Gasteiger charge is -2.41. The molecule has 2 aliphatic rings. The Morgan fingerprint density at radius 1 is 1.04 bits per heavy atom. The number of hydrogen-bond donors (Lipinski definition) is 0. The molecule has 2 aromatic rings. The molecule has 0 bridgehead atoms. The molecule has 2 fully saturated rings. The fourth-order valence-corrected chi connectivity index (χ4v) is 5.20. The minimum absolute atomic E-state index is 0.301. The second-order valence-corrected chi connectivity index (χ2v) is 8.35. The fourth-order valence-electron chi connectivity index (χ4n) is 4.17. The Balaban J connectivity index is 1.48. The lowest BCUT2D eigenvalue weighted by atomic mass is 9.94. The van der Waals surface area contributed by atoms with E-state index in [1.165, 1.54) is 38.4 Å². The van der Waals surface area contributed by atoms with E-state index in [9.17, 15) is 13.2 Å². The van der Waals surface area contributed by atoms with Gasteiger partial charge < -0.3 is 4.90 Å². The summed E-state index contributed by atoms with van der Waals surface area (Å²) in [5.74, 6) is 0.781. The van der Waals surface area contributed by atoms with Crippen LogP contribution in [-0.4, -0.2) is 53.3 Å². The topological polar surface area (TPSA) is 32.3 Å². The molecular weight excluding hydrogens is 361 g/mol. The summed E-state index contributed by atoms with van der Waals surface area (Å²) in [7, 11) is 0.